The summed E-state index contributed by atoms with van der Waals surface area (Å²) in [5.41, 5.74) is 0. The highest BCUT2D eigenvalue weighted by atomic mass is 32.2. The molecule has 0 rings (SSSR count). The molecular weight excluding hydrogens is 144 g/mol. The van der Waals surface area contributed by atoms with E-state index in [1.165, 1.54) is 0 Å². The lowest BCUT2D eigenvalue weighted by atomic mass is 10.2. The van der Waals surface area contributed by atoms with Gasteiger partial charge in [0.25, 0.3) is 0 Å². The zero-order chi connectivity index (χ0) is 7.82. The summed E-state index contributed by atoms with van der Waals surface area (Å²) < 4.78 is 0. The molecule has 0 aromatic carbocycles. The molecule has 0 heterocycles. The molecule has 0 aliphatic rings. The molecule has 0 saturated heterocycles. The van der Waals surface area contributed by atoms with E-state index in [9.17, 15) is 4.79 Å². The summed E-state index contributed by atoms with van der Waals surface area (Å²) in [5, 5.41) is 0. The average Bonchev–Trinajstić information content (AvgIpc) is 1.89. The quantitative estimate of drug-likeness (QED) is 0.436. The van der Waals surface area contributed by atoms with Crippen molar-refractivity contribution in [2.75, 3.05) is 11.5 Å². The first-order valence-corrected chi connectivity index (χ1v) is 4.67. The van der Waals surface area contributed by atoms with Gasteiger partial charge in [-0.15, -0.1) is 6.58 Å². The Balaban J connectivity index is 3.13. The highest BCUT2D eigenvalue weighted by Crippen LogP contribution is 2.02. The van der Waals surface area contributed by atoms with Crippen LogP contribution in [0.25, 0.3) is 0 Å². The van der Waals surface area contributed by atoms with Gasteiger partial charge in [0.05, 0.1) is 0 Å². The Bertz CT molecular complexity index is 110. The van der Waals surface area contributed by atoms with Gasteiger partial charge in [-0.3, -0.25) is 4.79 Å². The molecule has 0 aliphatic heterocycles. The maximum absolute atomic E-state index is 10.8. The van der Waals surface area contributed by atoms with E-state index >= 15 is 0 Å². The molecule has 1 nitrogen and oxygen atoms in total. The van der Waals surface area contributed by atoms with Gasteiger partial charge in [-0.1, -0.05) is 13.0 Å². The zero-order valence-corrected chi connectivity index (χ0v) is 7.25. The Morgan fingerprint density at radius 3 is 2.90 bits per heavy atom. The molecule has 0 saturated carbocycles. The van der Waals surface area contributed by atoms with Gasteiger partial charge in [0.2, 0.25) is 0 Å². The molecule has 0 aromatic heterocycles. The molecule has 2 heteroatoms. The van der Waals surface area contributed by atoms with Gasteiger partial charge in [0.15, 0.2) is 0 Å². The van der Waals surface area contributed by atoms with Crippen LogP contribution >= 0.6 is 11.8 Å². The number of Topliss-reactive ketones (excluding diaryl/α,β-unsaturated/α-hetero) is 1. The topological polar surface area (TPSA) is 17.1 Å². The Hall–Kier alpha value is -0.240. The predicted octanol–water partition coefficient (Wildman–Crippen LogP) is 2.27. The minimum atomic E-state index is 0.302. The first kappa shape index (κ1) is 9.76. The Kier molecular flexibility index (Phi) is 6.71. The van der Waals surface area contributed by atoms with Crippen LogP contribution < -0.4 is 0 Å². The fourth-order valence-electron chi connectivity index (χ4n) is 0.593. The molecule has 0 aliphatic carbocycles. The minimum Gasteiger partial charge on any atom is -0.299 e. The number of carbonyl (C=O) groups is 1. The van der Waals surface area contributed by atoms with Crippen LogP contribution in [0, 0.1) is 0 Å². The summed E-state index contributed by atoms with van der Waals surface area (Å²) in [4.78, 5) is 10.8. The van der Waals surface area contributed by atoms with Gasteiger partial charge in [0, 0.05) is 18.6 Å². The molecule has 0 spiro atoms. The molecule has 0 N–H and O–H groups in total. The van der Waals surface area contributed by atoms with E-state index in [4.69, 9.17) is 0 Å². The van der Waals surface area contributed by atoms with E-state index in [0.717, 1.165) is 11.5 Å². The monoisotopic (exact) mass is 158 g/mol. The largest absolute Gasteiger partial charge is 0.299 e. The van der Waals surface area contributed by atoms with Crippen LogP contribution in [0.4, 0.5) is 0 Å². The van der Waals surface area contributed by atoms with Crippen LogP contribution in [0.3, 0.4) is 0 Å². The number of hydrogen-bond acceptors (Lipinski definition) is 2. The standard InChI is InChI=1S/C8H14OS/c1-3-5-8(9)6-7-10-4-2/h3H,1,4-7H2,2H3. The molecule has 0 unspecified atom stereocenters. The van der Waals surface area contributed by atoms with Crippen LogP contribution in [0.1, 0.15) is 19.8 Å². The maximum atomic E-state index is 10.8. The molecule has 0 bridgehead atoms. The van der Waals surface area contributed by atoms with Crippen LogP contribution in [0.2, 0.25) is 0 Å². The number of ketones is 1. The third kappa shape index (κ3) is 5.89. The van der Waals surface area contributed by atoms with Crippen LogP contribution in [-0.4, -0.2) is 17.3 Å². The first-order chi connectivity index (χ1) is 4.81. The van der Waals surface area contributed by atoms with Gasteiger partial charge < -0.3 is 0 Å². The summed E-state index contributed by atoms with van der Waals surface area (Å²) in [6.45, 7) is 5.60. The third-order valence-electron chi connectivity index (χ3n) is 1.10. The second-order valence-electron chi connectivity index (χ2n) is 1.98. The van der Waals surface area contributed by atoms with Crippen molar-refractivity contribution < 1.29 is 4.79 Å². The summed E-state index contributed by atoms with van der Waals surface area (Å²) in [5.74, 6) is 2.36. The van der Waals surface area contributed by atoms with Crippen molar-refractivity contribution in [2.24, 2.45) is 0 Å². The Labute approximate surface area is 66.9 Å². The fraction of sp³-hybridized carbons (Fsp3) is 0.625. The summed E-state index contributed by atoms with van der Waals surface area (Å²) >= 11 is 1.81. The summed E-state index contributed by atoms with van der Waals surface area (Å²) in [7, 11) is 0. The lowest BCUT2D eigenvalue weighted by molar-refractivity contribution is -0.117. The number of carbonyl (C=O) groups excluding carboxylic acids is 1. The average molecular weight is 158 g/mol. The minimum absolute atomic E-state index is 0.302. The van der Waals surface area contributed by atoms with Crippen LogP contribution in [0.15, 0.2) is 12.7 Å². The molecule has 10 heavy (non-hydrogen) atoms. The molecular formula is C8H14OS. The van der Waals surface area contributed by atoms with Crippen LogP contribution in [-0.2, 0) is 4.79 Å². The lowest BCUT2D eigenvalue weighted by Gasteiger charge is -1.94. The van der Waals surface area contributed by atoms with Crippen molar-refractivity contribution in [2.45, 2.75) is 19.8 Å². The number of thioether (sulfide) groups is 1. The first-order valence-electron chi connectivity index (χ1n) is 3.51. The van der Waals surface area contributed by atoms with Gasteiger partial charge in [-0.25, -0.2) is 0 Å². The highest BCUT2D eigenvalue weighted by molar-refractivity contribution is 7.99. The highest BCUT2D eigenvalue weighted by Gasteiger charge is 1.96. The molecule has 58 valence electrons. The summed E-state index contributed by atoms with van der Waals surface area (Å²) in [6.07, 6.45) is 2.90. The second kappa shape index (κ2) is 6.87. The number of allylic oxidation sites excluding steroid dienone is 1. The normalized spacial score (nSPS) is 9.30. The fourth-order valence-corrected chi connectivity index (χ4v) is 1.25. The smallest absolute Gasteiger partial charge is 0.137 e. The summed E-state index contributed by atoms with van der Waals surface area (Å²) in [6, 6.07) is 0. The van der Waals surface area contributed by atoms with E-state index in [0.29, 0.717) is 18.6 Å². The van der Waals surface area contributed by atoms with Crippen molar-refractivity contribution >= 4 is 17.5 Å². The van der Waals surface area contributed by atoms with Crippen molar-refractivity contribution in [3.05, 3.63) is 12.7 Å². The Morgan fingerprint density at radius 2 is 2.40 bits per heavy atom. The van der Waals surface area contributed by atoms with Crippen molar-refractivity contribution in [3.8, 4) is 0 Å². The van der Waals surface area contributed by atoms with E-state index in [1.807, 2.05) is 11.8 Å². The van der Waals surface area contributed by atoms with Crippen LogP contribution in [0.5, 0.6) is 0 Å². The molecule has 0 radical (unpaired) electrons. The van der Waals surface area contributed by atoms with E-state index < -0.39 is 0 Å². The molecule has 0 fully saturated rings. The second-order valence-corrected chi connectivity index (χ2v) is 3.37. The van der Waals surface area contributed by atoms with Gasteiger partial charge >= 0.3 is 0 Å². The van der Waals surface area contributed by atoms with Crippen molar-refractivity contribution in [3.63, 3.8) is 0 Å². The lowest BCUT2D eigenvalue weighted by Crippen LogP contribution is -1.96. The van der Waals surface area contributed by atoms with Crippen molar-refractivity contribution in [1.29, 1.82) is 0 Å². The number of rotatable bonds is 6. The van der Waals surface area contributed by atoms with E-state index in [-0.39, 0.29) is 0 Å². The Morgan fingerprint density at radius 1 is 1.70 bits per heavy atom. The predicted molar refractivity (Wildman–Crippen MR) is 47.4 cm³/mol. The molecule has 0 atom stereocenters. The molecule has 0 aromatic rings. The maximum Gasteiger partial charge on any atom is 0.137 e. The van der Waals surface area contributed by atoms with Gasteiger partial charge in [0.1, 0.15) is 5.78 Å². The third-order valence-corrected chi connectivity index (χ3v) is 2.00. The van der Waals surface area contributed by atoms with Gasteiger partial charge in [-0.2, -0.15) is 11.8 Å². The van der Waals surface area contributed by atoms with Crippen molar-refractivity contribution in [1.82, 2.24) is 0 Å². The SMILES string of the molecule is C=CCC(=O)CCSCC. The van der Waals surface area contributed by atoms with E-state index in [1.54, 1.807) is 6.08 Å². The zero-order valence-electron chi connectivity index (χ0n) is 6.43. The van der Waals surface area contributed by atoms with E-state index in [2.05, 4.69) is 13.5 Å². The molecule has 0 amide bonds. The number of hydrogen-bond donors (Lipinski definition) is 0. The van der Waals surface area contributed by atoms with Gasteiger partial charge in [-0.05, 0) is 5.75 Å².